The van der Waals surface area contributed by atoms with Crippen LogP contribution in [0.3, 0.4) is 0 Å². The van der Waals surface area contributed by atoms with E-state index in [1.54, 1.807) is 4.90 Å². The third-order valence-corrected chi connectivity index (χ3v) is 5.94. The SMILES string of the molecule is NC(N)=NCCCC(NC(=O)C(CS)NC(=O)C1CCCN1C(=O)C1CCCN1)C(=O)O. The Hall–Kier alpha value is -2.54. The molecule has 0 aromatic heterocycles. The highest BCUT2D eigenvalue weighted by atomic mass is 32.1. The van der Waals surface area contributed by atoms with Crippen molar-refractivity contribution >= 4 is 42.3 Å². The molecule has 180 valence electrons. The number of aliphatic imine (C=N–C) groups is 1. The minimum atomic E-state index is -1.20. The zero-order valence-electron chi connectivity index (χ0n) is 18.0. The standard InChI is InChI=1S/C19H33N7O5S/c20-19(21)23-8-2-5-12(18(30)31)24-15(27)13(10-32)25-16(28)14-6-3-9-26(14)17(29)11-4-1-7-22-11/h11-14,22,32H,1-10H2,(H,24,27)(H,25,28)(H,30,31)(H4,20,21,23). The molecule has 2 aliphatic heterocycles. The van der Waals surface area contributed by atoms with Crippen molar-refractivity contribution in [3.63, 3.8) is 0 Å². The van der Waals surface area contributed by atoms with Crippen LogP contribution in [0, 0.1) is 0 Å². The lowest BCUT2D eigenvalue weighted by atomic mass is 10.1. The van der Waals surface area contributed by atoms with Gasteiger partial charge in [0.05, 0.1) is 6.04 Å². The number of hydrogen-bond acceptors (Lipinski definition) is 7. The smallest absolute Gasteiger partial charge is 0.326 e. The number of nitrogens with zero attached hydrogens (tertiary/aromatic N) is 2. The van der Waals surface area contributed by atoms with Crippen LogP contribution >= 0.6 is 12.6 Å². The lowest BCUT2D eigenvalue weighted by molar-refractivity contribution is -0.143. The van der Waals surface area contributed by atoms with Gasteiger partial charge in [0.15, 0.2) is 5.96 Å². The number of rotatable bonds is 11. The van der Waals surface area contributed by atoms with Gasteiger partial charge in [0.2, 0.25) is 17.7 Å². The first-order valence-corrected chi connectivity index (χ1v) is 11.4. The number of guanidine groups is 1. The summed E-state index contributed by atoms with van der Waals surface area (Å²) in [6.45, 7) is 1.50. The fraction of sp³-hybridized carbons (Fsp3) is 0.737. The van der Waals surface area contributed by atoms with Crippen molar-refractivity contribution in [2.75, 3.05) is 25.4 Å². The Morgan fingerprint density at radius 2 is 1.91 bits per heavy atom. The highest BCUT2D eigenvalue weighted by Crippen LogP contribution is 2.21. The number of nitrogens with one attached hydrogen (secondary N) is 3. The van der Waals surface area contributed by atoms with Crippen LogP contribution in [-0.4, -0.2) is 89.2 Å². The topological polar surface area (TPSA) is 192 Å². The summed E-state index contributed by atoms with van der Waals surface area (Å²) < 4.78 is 0. The fourth-order valence-corrected chi connectivity index (χ4v) is 4.15. The highest BCUT2D eigenvalue weighted by molar-refractivity contribution is 7.80. The molecule has 2 aliphatic rings. The second-order valence-corrected chi connectivity index (χ2v) is 8.30. The molecular weight excluding hydrogens is 438 g/mol. The minimum absolute atomic E-state index is 0.0250. The largest absolute Gasteiger partial charge is 0.480 e. The fourth-order valence-electron chi connectivity index (χ4n) is 3.89. The Balaban J connectivity index is 1.92. The Kier molecular flexibility index (Phi) is 10.0. The molecular formula is C19H33N7O5S. The monoisotopic (exact) mass is 471 g/mol. The Bertz CT molecular complexity index is 725. The summed E-state index contributed by atoms with van der Waals surface area (Å²) in [7, 11) is 0. The summed E-state index contributed by atoms with van der Waals surface area (Å²) in [5.41, 5.74) is 10.5. The first-order chi connectivity index (χ1) is 15.2. The van der Waals surface area contributed by atoms with Gasteiger partial charge in [0.1, 0.15) is 18.1 Å². The van der Waals surface area contributed by atoms with Crippen LogP contribution < -0.4 is 27.4 Å². The maximum atomic E-state index is 12.8. The average molecular weight is 472 g/mol. The van der Waals surface area contributed by atoms with Crippen LogP contribution in [-0.2, 0) is 19.2 Å². The van der Waals surface area contributed by atoms with E-state index in [2.05, 4.69) is 33.6 Å². The van der Waals surface area contributed by atoms with Crippen molar-refractivity contribution < 1.29 is 24.3 Å². The molecule has 3 amide bonds. The van der Waals surface area contributed by atoms with Crippen molar-refractivity contribution in [2.45, 2.75) is 62.7 Å². The van der Waals surface area contributed by atoms with Gasteiger partial charge in [-0.3, -0.25) is 19.4 Å². The lowest BCUT2D eigenvalue weighted by Crippen LogP contribution is -2.57. The molecule has 2 saturated heterocycles. The van der Waals surface area contributed by atoms with Gasteiger partial charge < -0.3 is 37.4 Å². The number of carbonyl (C=O) groups is 4. The molecule has 8 N–H and O–H groups in total. The van der Waals surface area contributed by atoms with Gasteiger partial charge in [-0.25, -0.2) is 4.79 Å². The normalized spacial score (nSPS) is 22.1. The third kappa shape index (κ3) is 7.26. The molecule has 0 spiro atoms. The molecule has 0 bridgehead atoms. The van der Waals surface area contributed by atoms with E-state index in [0.29, 0.717) is 25.8 Å². The predicted octanol–water partition coefficient (Wildman–Crippen LogP) is -2.23. The van der Waals surface area contributed by atoms with E-state index in [9.17, 15) is 24.3 Å². The molecule has 13 heteroatoms. The van der Waals surface area contributed by atoms with Crippen molar-refractivity contribution in [3.8, 4) is 0 Å². The molecule has 0 aliphatic carbocycles. The molecule has 0 radical (unpaired) electrons. The molecule has 0 aromatic carbocycles. The van der Waals surface area contributed by atoms with E-state index in [-0.39, 0.29) is 36.6 Å². The van der Waals surface area contributed by atoms with E-state index in [1.165, 1.54) is 0 Å². The summed E-state index contributed by atoms with van der Waals surface area (Å²) >= 11 is 4.13. The molecule has 12 nitrogen and oxygen atoms in total. The van der Waals surface area contributed by atoms with Gasteiger partial charge >= 0.3 is 5.97 Å². The van der Waals surface area contributed by atoms with Crippen LogP contribution in [0.15, 0.2) is 4.99 Å². The molecule has 4 atom stereocenters. The molecule has 32 heavy (non-hydrogen) atoms. The number of likely N-dealkylation sites (tertiary alicyclic amines) is 1. The minimum Gasteiger partial charge on any atom is -0.480 e. The van der Waals surface area contributed by atoms with Gasteiger partial charge in [-0.1, -0.05) is 0 Å². The number of amides is 3. The van der Waals surface area contributed by atoms with Crippen molar-refractivity contribution in [2.24, 2.45) is 16.5 Å². The number of thiol groups is 1. The summed E-state index contributed by atoms with van der Waals surface area (Å²) in [5, 5.41) is 17.6. The van der Waals surface area contributed by atoms with Crippen LogP contribution in [0.25, 0.3) is 0 Å². The van der Waals surface area contributed by atoms with Crippen molar-refractivity contribution in [1.29, 1.82) is 0 Å². The van der Waals surface area contributed by atoms with Crippen molar-refractivity contribution in [3.05, 3.63) is 0 Å². The van der Waals surface area contributed by atoms with Crippen molar-refractivity contribution in [1.82, 2.24) is 20.9 Å². The molecule has 0 saturated carbocycles. The van der Waals surface area contributed by atoms with Gasteiger partial charge in [-0.2, -0.15) is 12.6 Å². The van der Waals surface area contributed by atoms with Gasteiger partial charge in [-0.15, -0.1) is 0 Å². The van der Waals surface area contributed by atoms with Crippen LogP contribution in [0.5, 0.6) is 0 Å². The second-order valence-electron chi connectivity index (χ2n) is 7.93. The maximum Gasteiger partial charge on any atom is 0.326 e. The zero-order valence-corrected chi connectivity index (χ0v) is 18.9. The van der Waals surface area contributed by atoms with E-state index in [0.717, 1.165) is 19.4 Å². The number of nitrogens with two attached hydrogens (primary N) is 2. The van der Waals surface area contributed by atoms with Crippen LogP contribution in [0.1, 0.15) is 38.5 Å². The Morgan fingerprint density at radius 3 is 2.50 bits per heavy atom. The number of carboxylic acid groups (broad SMARTS) is 1. The molecule has 2 rings (SSSR count). The first-order valence-electron chi connectivity index (χ1n) is 10.8. The van der Waals surface area contributed by atoms with Gasteiger partial charge in [0, 0.05) is 18.8 Å². The zero-order chi connectivity index (χ0) is 23.7. The van der Waals surface area contributed by atoms with E-state index >= 15 is 0 Å². The quantitative estimate of drug-likeness (QED) is 0.0761. The summed E-state index contributed by atoms with van der Waals surface area (Å²) in [4.78, 5) is 55.0. The molecule has 0 aromatic rings. The third-order valence-electron chi connectivity index (χ3n) is 5.57. The van der Waals surface area contributed by atoms with Crippen LogP contribution in [0.2, 0.25) is 0 Å². The van der Waals surface area contributed by atoms with E-state index in [4.69, 9.17) is 11.5 Å². The number of carboxylic acids is 1. The molecule has 2 fully saturated rings. The molecule has 4 unspecified atom stereocenters. The lowest BCUT2D eigenvalue weighted by Gasteiger charge is -2.28. The number of hydrogen-bond donors (Lipinski definition) is 7. The van der Waals surface area contributed by atoms with E-state index in [1.807, 2.05) is 0 Å². The Morgan fingerprint density at radius 1 is 1.16 bits per heavy atom. The summed E-state index contributed by atoms with van der Waals surface area (Å²) in [5.74, 6) is -2.52. The summed E-state index contributed by atoms with van der Waals surface area (Å²) in [6, 6.07) is -3.13. The van der Waals surface area contributed by atoms with E-state index < -0.39 is 35.9 Å². The summed E-state index contributed by atoms with van der Waals surface area (Å²) in [6.07, 6.45) is 3.33. The predicted molar refractivity (Wildman–Crippen MR) is 121 cm³/mol. The number of carbonyl (C=O) groups excluding carboxylic acids is 3. The number of aliphatic carboxylic acids is 1. The Labute approximate surface area is 192 Å². The first kappa shape index (κ1) is 25.7. The second kappa shape index (κ2) is 12.5. The molecule has 2 heterocycles. The highest BCUT2D eigenvalue weighted by Gasteiger charge is 2.39. The van der Waals surface area contributed by atoms with Gasteiger partial charge in [0.25, 0.3) is 0 Å². The maximum absolute atomic E-state index is 12.8. The van der Waals surface area contributed by atoms with Gasteiger partial charge in [-0.05, 0) is 45.1 Å². The average Bonchev–Trinajstić information content (AvgIpc) is 3.45. The van der Waals surface area contributed by atoms with Crippen LogP contribution in [0.4, 0.5) is 0 Å².